The van der Waals surface area contributed by atoms with Crippen LogP contribution in [-0.2, 0) is 6.54 Å². The van der Waals surface area contributed by atoms with E-state index in [2.05, 4.69) is 18.9 Å². The molecule has 0 fully saturated rings. The van der Waals surface area contributed by atoms with Crippen molar-refractivity contribution >= 4 is 5.84 Å². The lowest BCUT2D eigenvalue weighted by molar-refractivity contribution is 0.597. The van der Waals surface area contributed by atoms with E-state index in [9.17, 15) is 0 Å². The molecule has 0 bridgehead atoms. The molecule has 0 atom stereocenters. The van der Waals surface area contributed by atoms with Gasteiger partial charge in [0.15, 0.2) is 0 Å². The normalized spacial score (nSPS) is 10.8. The van der Waals surface area contributed by atoms with Crippen molar-refractivity contribution in [3.8, 4) is 0 Å². The van der Waals surface area contributed by atoms with Gasteiger partial charge in [0.05, 0.1) is 17.5 Å². The summed E-state index contributed by atoms with van der Waals surface area (Å²) in [5.74, 6) is 0.449. The number of aromatic nitrogens is 2. The van der Waals surface area contributed by atoms with Crippen LogP contribution < -0.4 is 5.73 Å². The Labute approximate surface area is 78.3 Å². The molecule has 0 aliphatic rings. The zero-order chi connectivity index (χ0) is 10.0. The maximum Gasteiger partial charge on any atom is 0.126 e. The molecule has 1 aromatic rings. The van der Waals surface area contributed by atoms with Gasteiger partial charge in [0.25, 0.3) is 0 Å². The second kappa shape index (κ2) is 3.60. The summed E-state index contributed by atoms with van der Waals surface area (Å²) >= 11 is 0. The first kappa shape index (κ1) is 9.77. The predicted molar refractivity (Wildman–Crippen MR) is 53.0 cm³/mol. The van der Waals surface area contributed by atoms with Crippen molar-refractivity contribution in [1.29, 1.82) is 5.41 Å². The number of rotatable bonds is 3. The summed E-state index contributed by atoms with van der Waals surface area (Å²) in [6.45, 7) is 7.01. The smallest absolute Gasteiger partial charge is 0.126 e. The highest BCUT2D eigenvalue weighted by atomic mass is 15.3. The highest BCUT2D eigenvalue weighted by molar-refractivity contribution is 5.95. The molecule has 3 N–H and O–H groups in total. The second-order valence-corrected chi connectivity index (χ2v) is 3.33. The molecule has 72 valence electrons. The van der Waals surface area contributed by atoms with Gasteiger partial charge in [-0.05, 0) is 12.8 Å². The van der Waals surface area contributed by atoms with Crippen molar-refractivity contribution in [2.45, 2.75) is 33.2 Å². The van der Waals surface area contributed by atoms with Crippen LogP contribution in [0.5, 0.6) is 0 Å². The summed E-state index contributed by atoms with van der Waals surface area (Å²) in [5, 5.41) is 11.6. The van der Waals surface area contributed by atoms with E-state index >= 15 is 0 Å². The largest absolute Gasteiger partial charge is 0.384 e. The summed E-state index contributed by atoms with van der Waals surface area (Å²) in [4.78, 5) is 0. The molecule has 0 aromatic carbocycles. The van der Waals surface area contributed by atoms with E-state index in [1.807, 2.05) is 11.6 Å². The first-order valence-electron chi connectivity index (χ1n) is 4.48. The number of aryl methyl sites for hydroxylation is 1. The van der Waals surface area contributed by atoms with E-state index < -0.39 is 0 Å². The molecule has 1 aromatic heterocycles. The van der Waals surface area contributed by atoms with Crippen LogP contribution in [0.1, 0.15) is 37.9 Å². The molecule has 0 amide bonds. The number of nitrogens with one attached hydrogen (secondary N) is 1. The summed E-state index contributed by atoms with van der Waals surface area (Å²) < 4.78 is 1.89. The van der Waals surface area contributed by atoms with Gasteiger partial charge in [-0.2, -0.15) is 5.10 Å². The third-order valence-corrected chi connectivity index (χ3v) is 2.02. The van der Waals surface area contributed by atoms with Crippen LogP contribution in [0.3, 0.4) is 0 Å². The SMILES string of the molecule is CCn1ncc(C(=N)N)c1C(C)C. The third kappa shape index (κ3) is 1.71. The fraction of sp³-hybridized carbons (Fsp3) is 0.556. The first-order valence-corrected chi connectivity index (χ1v) is 4.48. The standard InChI is InChI=1S/C9H16N4/c1-4-13-8(6(2)3)7(5-12-13)9(10)11/h5-6H,4H2,1-3H3,(H3,10,11). The Hall–Kier alpha value is -1.32. The fourth-order valence-corrected chi connectivity index (χ4v) is 1.46. The molecule has 1 rings (SSSR count). The molecule has 0 saturated heterocycles. The van der Waals surface area contributed by atoms with Crippen LogP contribution >= 0.6 is 0 Å². The number of amidine groups is 1. The van der Waals surface area contributed by atoms with Crippen LogP contribution in [0, 0.1) is 5.41 Å². The minimum absolute atomic E-state index is 0.100. The lowest BCUT2D eigenvalue weighted by atomic mass is 10.1. The topological polar surface area (TPSA) is 67.7 Å². The zero-order valence-electron chi connectivity index (χ0n) is 8.33. The van der Waals surface area contributed by atoms with Crippen LogP contribution in [-0.4, -0.2) is 15.6 Å². The average molecular weight is 180 g/mol. The van der Waals surface area contributed by atoms with Gasteiger partial charge in [0, 0.05) is 6.54 Å². The maximum atomic E-state index is 7.38. The van der Waals surface area contributed by atoms with E-state index in [1.165, 1.54) is 0 Å². The van der Waals surface area contributed by atoms with Crippen molar-refractivity contribution in [2.24, 2.45) is 5.73 Å². The molecule has 1 heterocycles. The second-order valence-electron chi connectivity index (χ2n) is 3.33. The lowest BCUT2D eigenvalue weighted by Gasteiger charge is -2.10. The highest BCUT2D eigenvalue weighted by Crippen LogP contribution is 2.18. The third-order valence-electron chi connectivity index (χ3n) is 2.02. The number of nitrogens with zero attached hydrogens (tertiary/aromatic N) is 2. The molecular formula is C9H16N4. The van der Waals surface area contributed by atoms with Gasteiger partial charge >= 0.3 is 0 Å². The molecule has 0 aliphatic heterocycles. The maximum absolute atomic E-state index is 7.38. The van der Waals surface area contributed by atoms with Gasteiger partial charge in [-0.25, -0.2) is 0 Å². The summed E-state index contributed by atoms with van der Waals surface area (Å²) in [6, 6.07) is 0. The Kier molecular flexibility index (Phi) is 2.70. The molecule has 0 saturated carbocycles. The Morgan fingerprint density at radius 2 is 2.31 bits per heavy atom. The average Bonchev–Trinajstić information content (AvgIpc) is 2.46. The van der Waals surface area contributed by atoms with Crippen LogP contribution in [0.25, 0.3) is 0 Å². The van der Waals surface area contributed by atoms with Gasteiger partial charge in [0.1, 0.15) is 5.84 Å². The van der Waals surface area contributed by atoms with E-state index in [-0.39, 0.29) is 5.84 Å². The molecule has 4 nitrogen and oxygen atoms in total. The van der Waals surface area contributed by atoms with Gasteiger partial charge in [-0.1, -0.05) is 13.8 Å². The minimum atomic E-state index is 0.100. The van der Waals surface area contributed by atoms with Crippen molar-refractivity contribution in [3.05, 3.63) is 17.5 Å². The van der Waals surface area contributed by atoms with E-state index in [0.29, 0.717) is 5.92 Å². The number of hydrogen-bond donors (Lipinski definition) is 2. The zero-order valence-corrected chi connectivity index (χ0v) is 8.33. The molecule has 4 heteroatoms. The Morgan fingerprint density at radius 3 is 2.69 bits per heavy atom. The van der Waals surface area contributed by atoms with E-state index in [1.54, 1.807) is 6.20 Å². The summed E-state index contributed by atoms with van der Waals surface area (Å²) in [7, 11) is 0. The Balaban J connectivity index is 3.22. The van der Waals surface area contributed by atoms with Gasteiger partial charge in [-0.15, -0.1) is 0 Å². The quantitative estimate of drug-likeness (QED) is 0.544. The Morgan fingerprint density at radius 1 is 1.69 bits per heavy atom. The number of nitrogens with two attached hydrogens (primary N) is 1. The number of hydrogen-bond acceptors (Lipinski definition) is 2. The Bertz CT molecular complexity index is 311. The van der Waals surface area contributed by atoms with Crippen LogP contribution in [0.15, 0.2) is 6.20 Å². The molecule has 0 spiro atoms. The molecule has 13 heavy (non-hydrogen) atoms. The van der Waals surface area contributed by atoms with Crippen molar-refractivity contribution in [1.82, 2.24) is 9.78 Å². The predicted octanol–water partition coefficient (Wildman–Crippen LogP) is 1.31. The van der Waals surface area contributed by atoms with Crippen molar-refractivity contribution < 1.29 is 0 Å². The molecule has 0 unspecified atom stereocenters. The lowest BCUT2D eigenvalue weighted by Crippen LogP contribution is -2.15. The van der Waals surface area contributed by atoms with Crippen LogP contribution in [0.4, 0.5) is 0 Å². The van der Waals surface area contributed by atoms with Crippen molar-refractivity contribution in [3.63, 3.8) is 0 Å². The van der Waals surface area contributed by atoms with Gasteiger partial charge in [-0.3, -0.25) is 10.1 Å². The molecule has 0 radical (unpaired) electrons. The van der Waals surface area contributed by atoms with E-state index in [0.717, 1.165) is 17.8 Å². The molecule has 0 aliphatic carbocycles. The first-order chi connectivity index (χ1) is 6.07. The number of nitrogen functional groups attached to an aromatic ring is 1. The van der Waals surface area contributed by atoms with Gasteiger partial charge in [0.2, 0.25) is 0 Å². The minimum Gasteiger partial charge on any atom is -0.384 e. The summed E-state index contributed by atoms with van der Waals surface area (Å²) in [5.41, 5.74) is 7.26. The van der Waals surface area contributed by atoms with E-state index in [4.69, 9.17) is 11.1 Å². The van der Waals surface area contributed by atoms with Gasteiger partial charge < -0.3 is 5.73 Å². The summed E-state index contributed by atoms with van der Waals surface area (Å²) in [6.07, 6.45) is 1.67. The van der Waals surface area contributed by atoms with Crippen molar-refractivity contribution in [2.75, 3.05) is 0 Å². The fourth-order valence-electron chi connectivity index (χ4n) is 1.46. The molecular weight excluding hydrogens is 164 g/mol. The van der Waals surface area contributed by atoms with Crippen LogP contribution in [0.2, 0.25) is 0 Å². The monoisotopic (exact) mass is 180 g/mol. The highest BCUT2D eigenvalue weighted by Gasteiger charge is 2.14.